The average Bonchev–Trinajstić information content (AvgIpc) is 2.74. The summed E-state index contributed by atoms with van der Waals surface area (Å²) in [6.45, 7) is 2.20. The lowest BCUT2D eigenvalue weighted by Gasteiger charge is -2.17. The quantitative estimate of drug-likeness (QED) is 0.704. The van der Waals surface area contributed by atoms with Gasteiger partial charge >= 0.3 is 0 Å². The number of hydrogen-bond acceptors (Lipinski definition) is 3. The van der Waals surface area contributed by atoms with Crippen LogP contribution in [-0.4, -0.2) is 49.2 Å². The van der Waals surface area contributed by atoms with Crippen molar-refractivity contribution < 1.29 is 9.53 Å². The van der Waals surface area contributed by atoms with Crippen LogP contribution in [0.15, 0.2) is 0 Å². The Morgan fingerprint density at radius 1 is 1.31 bits per heavy atom. The molecule has 0 aromatic heterocycles. The van der Waals surface area contributed by atoms with E-state index in [0.717, 1.165) is 38.3 Å². The minimum atomic E-state index is 0.250. The lowest BCUT2D eigenvalue weighted by molar-refractivity contribution is -0.125. The first-order chi connectivity index (χ1) is 7.76. The number of fused-ring (bicyclic) bond motifs is 1. The maximum atomic E-state index is 12.0. The number of methoxy groups -OCH3 is 1. The highest BCUT2D eigenvalue weighted by Crippen LogP contribution is 2.34. The molecule has 3 unspecified atom stereocenters. The van der Waals surface area contributed by atoms with Crippen LogP contribution in [0.25, 0.3) is 0 Å². The second-order valence-corrected chi connectivity index (χ2v) is 5.42. The molecular weight excluding hydrogens is 204 g/mol. The number of hydrogen-bond donors (Lipinski definition) is 1. The van der Waals surface area contributed by atoms with Crippen molar-refractivity contribution in [2.45, 2.75) is 43.9 Å². The third-order valence-electron chi connectivity index (χ3n) is 4.27. The van der Waals surface area contributed by atoms with Crippen molar-refractivity contribution in [3.05, 3.63) is 0 Å². The number of carbonyl (C=O) groups is 1. The third kappa shape index (κ3) is 1.96. The van der Waals surface area contributed by atoms with E-state index in [9.17, 15) is 4.79 Å². The summed E-state index contributed by atoms with van der Waals surface area (Å²) in [5.74, 6) is 0.522. The van der Waals surface area contributed by atoms with Crippen LogP contribution in [0.5, 0.6) is 0 Å². The second kappa shape index (κ2) is 4.00. The Bertz CT molecular complexity index is 285. The van der Waals surface area contributed by atoms with E-state index in [1.54, 1.807) is 7.11 Å². The first-order valence-corrected chi connectivity index (χ1v) is 6.33. The molecule has 0 radical (unpaired) electrons. The largest absolute Gasteiger partial charge is 0.381 e. The molecule has 2 aliphatic heterocycles. The van der Waals surface area contributed by atoms with Crippen LogP contribution >= 0.6 is 0 Å². The minimum absolute atomic E-state index is 0.250. The van der Waals surface area contributed by atoms with Crippen LogP contribution in [0.3, 0.4) is 0 Å². The number of amides is 1. The molecule has 16 heavy (non-hydrogen) atoms. The molecule has 0 spiro atoms. The average molecular weight is 224 g/mol. The summed E-state index contributed by atoms with van der Waals surface area (Å²) in [5, 5.41) is 3.18. The van der Waals surface area contributed by atoms with Crippen molar-refractivity contribution in [2.75, 3.05) is 20.2 Å². The Hall–Kier alpha value is -0.610. The fourth-order valence-corrected chi connectivity index (χ4v) is 3.15. The molecule has 4 heteroatoms. The van der Waals surface area contributed by atoms with E-state index in [-0.39, 0.29) is 11.8 Å². The van der Waals surface area contributed by atoms with E-state index in [1.165, 1.54) is 6.54 Å². The van der Waals surface area contributed by atoms with Gasteiger partial charge in [-0.05, 0) is 25.7 Å². The number of piperidine rings is 1. The third-order valence-corrected chi connectivity index (χ3v) is 4.27. The Morgan fingerprint density at radius 3 is 2.81 bits per heavy atom. The molecular formula is C12H20N2O2. The monoisotopic (exact) mass is 224 g/mol. The summed E-state index contributed by atoms with van der Waals surface area (Å²) < 4.78 is 5.31. The van der Waals surface area contributed by atoms with Gasteiger partial charge in [-0.2, -0.15) is 0 Å². The predicted molar refractivity (Wildman–Crippen MR) is 60.0 cm³/mol. The zero-order valence-electron chi connectivity index (χ0n) is 9.82. The summed E-state index contributed by atoms with van der Waals surface area (Å²) in [6.07, 6.45) is 4.57. The maximum absolute atomic E-state index is 12.0. The molecule has 1 N–H and O–H groups in total. The fourth-order valence-electron chi connectivity index (χ4n) is 3.15. The van der Waals surface area contributed by atoms with Gasteiger partial charge in [0.05, 0.1) is 12.0 Å². The van der Waals surface area contributed by atoms with Crippen molar-refractivity contribution >= 4 is 5.91 Å². The SMILES string of the molecule is CO[C@H]1CC[C@@H](NC(=O)C2CC3CN3C2)C1. The van der Waals surface area contributed by atoms with Gasteiger partial charge in [-0.1, -0.05) is 0 Å². The van der Waals surface area contributed by atoms with Gasteiger partial charge in [0, 0.05) is 32.3 Å². The first kappa shape index (κ1) is 10.5. The van der Waals surface area contributed by atoms with E-state index in [4.69, 9.17) is 4.74 Å². The molecule has 3 aliphatic rings. The number of carbonyl (C=O) groups excluding carboxylic acids is 1. The van der Waals surface area contributed by atoms with Gasteiger partial charge in [0.2, 0.25) is 5.91 Å². The first-order valence-electron chi connectivity index (χ1n) is 6.33. The molecule has 3 fully saturated rings. The van der Waals surface area contributed by atoms with E-state index in [2.05, 4.69) is 10.2 Å². The highest BCUT2D eigenvalue weighted by molar-refractivity contribution is 5.79. The molecule has 0 aromatic rings. The van der Waals surface area contributed by atoms with Gasteiger partial charge in [0.1, 0.15) is 0 Å². The van der Waals surface area contributed by atoms with E-state index >= 15 is 0 Å². The number of nitrogens with zero attached hydrogens (tertiary/aromatic N) is 1. The fraction of sp³-hybridized carbons (Fsp3) is 0.917. The summed E-state index contributed by atoms with van der Waals surface area (Å²) in [5.41, 5.74) is 0. The predicted octanol–water partition coefficient (Wildman–Crippen LogP) is 0.374. The molecule has 1 amide bonds. The smallest absolute Gasteiger partial charge is 0.224 e. The molecule has 3 rings (SSSR count). The topological polar surface area (TPSA) is 41.3 Å². The van der Waals surface area contributed by atoms with E-state index < -0.39 is 0 Å². The standard InChI is InChI=1S/C12H20N2O2/c1-16-11-3-2-9(5-11)13-12(15)8-4-10-7-14(10)6-8/h8-11H,2-7H2,1H3,(H,13,15)/t8?,9-,10?,11+,14?/m1/s1. The summed E-state index contributed by atoms with van der Waals surface area (Å²) in [4.78, 5) is 14.4. The van der Waals surface area contributed by atoms with Gasteiger partial charge in [-0.15, -0.1) is 0 Å². The molecule has 2 heterocycles. The van der Waals surface area contributed by atoms with Gasteiger partial charge < -0.3 is 10.1 Å². The number of ether oxygens (including phenoxy) is 1. The van der Waals surface area contributed by atoms with Crippen molar-refractivity contribution in [3.8, 4) is 0 Å². The highest BCUT2D eigenvalue weighted by atomic mass is 16.5. The number of rotatable bonds is 3. The molecule has 4 nitrogen and oxygen atoms in total. The molecule has 2 saturated heterocycles. The molecule has 90 valence electrons. The van der Waals surface area contributed by atoms with Crippen LogP contribution in [0, 0.1) is 5.92 Å². The van der Waals surface area contributed by atoms with Crippen LogP contribution in [-0.2, 0) is 9.53 Å². The van der Waals surface area contributed by atoms with Crippen molar-refractivity contribution in [3.63, 3.8) is 0 Å². The van der Waals surface area contributed by atoms with Crippen molar-refractivity contribution in [1.82, 2.24) is 10.2 Å². The highest BCUT2D eigenvalue weighted by Gasteiger charge is 2.46. The van der Waals surface area contributed by atoms with Crippen LogP contribution in [0.2, 0.25) is 0 Å². The molecule has 1 aliphatic carbocycles. The zero-order valence-corrected chi connectivity index (χ0v) is 9.82. The Kier molecular flexibility index (Phi) is 2.64. The molecule has 0 bridgehead atoms. The van der Waals surface area contributed by atoms with E-state index in [0.29, 0.717) is 12.1 Å². The van der Waals surface area contributed by atoms with Crippen LogP contribution in [0.4, 0.5) is 0 Å². The molecule has 5 atom stereocenters. The lowest BCUT2D eigenvalue weighted by Crippen LogP contribution is -2.39. The van der Waals surface area contributed by atoms with Gasteiger partial charge in [0.15, 0.2) is 0 Å². The van der Waals surface area contributed by atoms with Gasteiger partial charge in [-0.25, -0.2) is 0 Å². The van der Waals surface area contributed by atoms with Gasteiger partial charge in [0.25, 0.3) is 0 Å². The second-order valence-electron chi connectivity index (χ2n) is 5.42. The normalized spacial score (nSPS) is 45.4. The van der Waals surface area contributed by atoms with Crippen LogP contribution < -0.4 is 5.32 Å². The van der Waals surface area contributed by atoms with Crippen LogP contribution in [0.1, 0.15) is 25.7 Å². The van der Waals surface area contributed by atoms with Gasteiger partial charge in [-0.3, -0.25) is 9.69 Å². The van der Waals surface area contributed by atoms with E-state index in [1.807, 2.05) is 0 Å². The minimum Gasteiger partial charge on any atom is -0.381 e. The summed E-state index contributed by atoms with van der Waals surface area (Å²) >= 11 is 0. The van der Waals surface area contributed by atoms with Crippen molar-refractivity contribution in [1.29, 1.82) is 0 Å². The summed E-state index contributed by atoms with van der Waals surface area (Å²) in [7, 11) is 1.76. The number of nitrogens with one attached hydrogen (secondary N) is 1. The maximum Gasteiger partial charge on any atom is 0.224 e. The molecule has 0 aromatic carbocycles. The Morgan fingerprint density at radius 2 is 2.19 bits per heavy atom. The Balaban J connectivity index is 1.46. The Labute approximate surface area is 96.3 Å². The lowest BCUT2D eigenvalue weighted by atomic mass is 10.0. The van der Waals surface area contributed by atoms with Crippen molar-refractivity contribution in [2.24, 2.45) is 5.92 Å². The molecule has 1 saturated carbocycles. The zero-order chi connectivity index (χ0) is 11.1. The summed E-state index contributed by atoms with van der Waals surface area (Å²) in [6, 6.07) is 1.08.